The predicted octanol–water partition coefficient (Wildman–Crippen LogP) is 0.995. The highest BCUT2D eigenvalue weighted by Crippen LogP contribution is 2.18. The lowest BCUT2D eigenvalue weighted by atomic mass is 10.4. The molecule has 3 N–H and O–H groups in total. The Labute approximate surface area is 102 Å². The van der Waals surface area contributed by atoms with Crippen LogP contribution in [0, 0.1) is 0 Å². The summed E-state index contributed by atoms with van der Waals surface area (Å²) in [4.78, 5) is 15.7. The van der Waals surface area contributed by atoms with Gasteiger partial charge in [-0.3, -0.25) is 0 Å². The molecule has 0 saturated heterocycles. The molecular weight excluding hydrogens is 234 g/mol. The van der Waals surface area contributed by atoms with E-state index in [-0.39, 0.29) is 0 Å². The average molecular weight is 245 g/mol. The average Bonchev–Trinajstić information content (AvgIpc) is 3.06. The van der Waals surface area contributed by atoms with Crippen molar-refractivity contribution in [3.8, 4) is 0 Å². The van der Waals surface area contributed by atoms with Crippen molar-refractivity contribution in [2.75, 3.05) is 17.7 Å². The SMILES string of the molecule is CNc1nc(NCc2ccno2)c2[nH]cnc2n1. The third-order valence-electron chi connectivity index (χ3n) is 2.43. The summed E-state index contributed by atoms with van der Waals surface area (Å²) < 4.78 is 5.01. The van der Waals surface area contributed by atoms with Crippen molar-refractivity contribution >= 4 is 22.9 Å². The number of nitrogens with zero attached hydrogens (tertiary/aromatic N) is 4. The first-order chi connectivity index (χ1) is 8.86. The molecule has 8 heteroatoms. The molecule has 0 radical (unpaired) electrons. The summed E-state index contributed by atoms with van der Waals surface area (Å²) in [6.45, 7) is 0.494. The van der Waals surface area contributed by atoms with Crippen LogP contribution in [0.4, 0.5) is 11.8 Å². The van der Waals surface area contributed by atoms with E-state index in [1.54, 1.807) is 25.6 Å². The van der Waals surface area contributed by atoms with E-state index in [4.69, 9.17) is 4.52 Å². The maximum absolute atomic E-state index is 5.01. The van der Waals surface area contributed by atoms with Crippen LogP contribution in [0.5, 0.6) is 0 Å². The van der Waals surface area contributed by atoms with E-state index in [0.717, 1.165) is 11.3 Å². The van der Waals surface area contributed by atoms with Crippen molar-refractivity contribution in [2.24, 2.45) is 0 Å². The Balaban J connectivity index is 1.92. The second kappa shape index (κ2) is 4.32. The minimum Gasteiger partial charge on any atom is -0.361 e. The number of fused-ring (bicyclic) bond motifs is 1. The largest absolute Gasteiger partial charge is 0.361 e. The number of aromatic nitrogens is 5. The van der Waals surface area contributed by atoms with Crippen LogP contribution >= 0.6 is 0 Å². The van der Waals surface area contributed by atoms with Gasteiger partial charge in [-0.1, -0.05) is 5.16 Å². The molecule has 92 valence electrons. The van der Waals surface area contributed by atoms with Crippen molar-refractivity contribution in [1.29, 1.82) is 0 Å². The molecule has 3 aromatic heterocycles. The van der Waals surface area contributed by atoms with E-state index in [1.165, 1.54) is 0 Å². The topological polar surface area (TPSA) is 105 Å². The van der Waals surface area contributed by atoms with Gasteiger partial charge in [0.25, 0.3) is 0 Å². The lowest BCUT2D eigenvalue weighted by molar-refractivity contribution is 0.388. The summed E-state index contributed by atoms with van der Waals surface area (Å²) in [5.41, 5.74) is 1.36. The molecule has 3 aromatic rings. The predicted molar refractivity (Wildman–Crippen MR) is 65.1 cm³/mol. The Morgan fingerprint density at radius 2 is 2.33 bits per heavy atom. The Morgan fingerprint density at radius 3 is 3.11 bits per heavy atom. The van der Waals surface area contributed by atoms with Gasteiger partial charge in [0, 0.05) is 13.1 Å². The quantitative estimate of drug-likeness (QED) is 0.629. The number of hydrogen-bond acceptors (Lipinski definition) is 7. The van der Waals surface area contributed by atoms with Gasteiger partial charge in [0.05, 0.1) is 19.1 Å². The lowest BCUT2D eigenvalue weighted by Crippen LogP contribution is -2.05. The minimum absolute atomic E-state index is 0.494. The van der Waals surface area contributed by atoms with Crippen molar-refractivity contribution in [3.05, 3.63) is 24.4 Å². The molecule has 0 unspecified atom stereocenters. The summed E-state index contributed by atoms with van der Waals surface area (Å²) in [6, 6.07) is 1.79. The molecule has 0 bridgehead atoms. The highest BCUT2D eigenvalue weighted by molar-refractivity contribution is 5.83. The Kier molecular flexibility index (Phi) is 2.52. The molecule has 3 rings (SSSR count). The Bertz CT molecular complexity index is 645. The number of anilines is 2. The van der Waals surface area contributed by atoms with E-state index in [9.17, 15) is 0 Å². The van der Waals surface area contributed by atoms with Gasteiger partial charge in [0.15, 0.2) is 17.2 Å². The van der Waals surface area contributed by atoms with Crippen LogP contribution in [-0.2, 0) is 6.54 Å². The number of hydrogen-bond donors (Lipinski definition) is 3. The lowest BCUT2D eigenvalue weighted by Gasteiger charge is -2.06. The number of aromatic amines is 1. The number of H-pyrrole nitrogens is 1. The molecule has 0 saturated carbocycles. The fourth-order valence-electron chi connectivity index (χ4n) is 1.58. The first kappa shape index (κ1) is 10.5. The maximum Gasteiger partial charge on any atom is 0.226 e. The van der Waals surface area contributed by atoms with Crippen LogP contribution in [0.1, 0.15) is 5.76 Å². The van der Waals surface area contributed by atoms with Crippen LogP contribution < -0.4 is 10.6 Å². The second-order valence-electron chi connectivity index (χ2n) is 3.58. The zero-order valence-electron chi connectivity index (χ0n) is 9.64. The molecule has 0 atom stereocenters. The van der Waals surface area contributed by atoms with Crippen molar-refractivity contribution in [2.45, 2.75) is 6.54 Å². The summed E-state index contributed by atoms with van der Waals surface area (Å²) in [5, 5.41) is 9.69. The van der Waals surface area contributed by atoms with Crippen LogP contribution in [0.2, 0.25) is 0 Å². The zero-order valence-corrected chi connectivity index (χ0v) is 9.64. The molecule has 0 aromatic carbocycles. The van der Waals surface area contributed by atoms with E-state index in [0.29, 0.717) is 24.0 Å². The fraction of sp³-hybridized carbons (Fsp3) is 0.200. The van der Waals surface area contributed by atoms with Crippen LogP contribution in [0.3, 0.4) is 0 Å². The van der Waals surface area contributed by atoms with E-state index >= 15 is 0 Å². The molecule has 3 heterocycles. The molecule has 8 nitrogen and oxygen atoms in total. The number of nitrogens with one attached hydrogen (secondary N) is 3. The van der Waals surface area contributed by atoms with Crippen molar-refractivity contribution in [1.82, 2.24) is 25.1 Å². The number of rotatable bonds is 4. The van der Waals surface area contributed by atoms with Gasteiger partial charge >= 0.3 is 0 Å². The summed E-state index contributed by atoms with van der Waals surface area (Å²) in [7, 11) is 1.76. The zero-order chi connectivity index (χ0) is 12.4. The van der Waals surface area contributed by atoms with Gasteiger partial charge in [0.1, 0.15) is 5.52 Å². The second-order valence-corrected chi connectivity index (χ2v) is 3.58. The van der Waals surface area contributed by atoms with Gasteiger partial charge in [-0.05, 0) is 0 Å². The smallest absolute Gasteiger partial charge is 0.226 e. The third kappa shape index (κ3) is 1.83. The van der Waals surface area contributed by atoms with E-state index < -0.39 is 0 Å². The monoisotopic (exact) mass is 245 g/mol. The summed E-state index contributed by atoms with van der Waals surface area (Å²) in [6.07, 6.45) is 3.18. The van der Waals surface area contributed by atoms with Crippen LogP contribution in [-0.4, -0.2) is 32.1 Å². The first-order valence-corrected chi connectivity index (χ1v) is 5.39. The van der Waals surface area contributed by atoms with Gasteiger partial charge in [-0.2, -0.15) is 9.97 Å². The van der Waals surface area contributed by atoms with E-state index in [2.05, 4.69) is 35.7 Å². The normalized spacial score (nSPS) is 10.7. The highest BCUT2D eigenvalue weighted by atomic mass is 16.5. The molecule has 0 aliphatic rings. The third-order valence-corrected chi connectivity index (χ3v) is 2.43. The minimum atomic E-state index is 0.494. The van der Waals surface area contributed by atoms with Gasteiger partial charge in [-0.15, -0.1) is 0 Å². The molecule has 0 aliphatic carbocycles. The standard InChI is InChI=1S/C10H11N7O/c1-11-10-16-8(7-9(17-10)14-5-13-7)12-4-6-2-3-15-18-6/h2-3,5H,4H2,1H3,(H3,11,12,13,14,16,17). The molecule has 0 amide bonds. The number of imidazole rings is 1. The van der Waals surface area contributed by atoms with Crippen molar-refractivity contribution < 1.29 is 4.52 Å². The summed E-state index contributed by atoms with van der Waals surface area (Å²) >= 11 is 0. The molecule has 0 fully saturated rings. The highest BCUT2D eigenvalue weighted by Gasteiger charge is 2.09. The maximum atomic E-state index is 5.01. The van der Waals surface area contributed by atoms with E-state index in [1.807, 2.05) is 0 Å². The van der Waals surface area contributed by atoms with Gasteiger partial charge < -0.3 is 20.1 Å². The fourth-order valence-corrected chi connectivity index (χ4v) is 1.58. The summed E-state index contributed by atoms with van der Waals surface area (Å²) in [5.74, 6) is 1.90. The van der Waals surface area contributed by atoms with Crippen molar-refractivity contribution in [3.63, 3.8) is 0 Å². The molecule has 18 heavy (non-hydrogen) atoms. The van der Waals surface area contributed by atoms with Gasteiger partial charge in [-0.25, -0.2) is 4.98 Å². The molecule has 0 spiro atoms. The molecular formula is C10H11N7O. The molecule has 0 aliphatic heterocycles. The Hall–Kier alpha value is -2.64. The van der Waals surface area contributed by atoms with Crippen LogP contribution in [0.25, 0.3) is 11.2 Å². The first-order valence-electron chi connectivity index (χ1n) is 5.39. The Morgan fingerprint density at radius 1 is 1.39 bits per heavy atom. The van der Waals surface area contributed by atoms with Gasteiger partial charge in [0.2, 0.25) is 5.95 Å². The van der Waals surface area contributed by atoms with Crippen LogP contribution in [0.15, 0.2) is 23.1 Å².